The van der Waals surface area contributed by atoms with Gasteiger partial charge >= 0.3 is 5.97 Å². The molecule has 2 atom stereocenters. The van der Waals surface area contributed by atoms with Crippen molar-refractivity contribution in [3.8, 4) is 0 Å². The number of rotatable bonds is 8. The fraction of sp³-hybridized carbons (Fsp3) is 0.833. The summed E-state index contributed by atoms with van der Waals surface area (Å²) in [5.74, 6) is -1.46. The number of hydrogen-bond donors (Lipinski definition) is 2. The van der Waals surface area contributed by atoms with Crippen LogP contribution in [-0.2, 0) is 9.59 Å². The zero-order chi connectivity index (χ0) is 12.6. The molecule has 2 N–H and O–H groups in total. The van der Waals surface area contributed by atoms with E-state index < -0.39 is 11.9 Å². The van der Waals surface area contributed by atoms with E-state index in [2.05, 4.69) is 12.2 Å². The van der Waals surface area contributed by atoms with Crippen molar-refractivity contribution in [2.75, 3.05) is 0 Å². The van der Waals surface area contributed by atoms with Crippen LogP contribution in [0.15, 0.2) is 0 Å². The molecule has 0 spiro atoms. The number of carboxylic acid groups (broad SMARTS) is 1. The molecule has 4 nitrogen and oxygen atoms in total. The first-order valence-electron chi connectivity index (χ1n) is 6.01. The Morgan fingerprint density at radius 1 is 1.19 bits per heavy atom. The van der Waals surface area contributed by atoms with Gasteiger partial charge in [0.05, 0.1) is 5.92 Å². The van der Waals surface area contributed by atoms with Gasteiger partial charge in [-0.15, -0.1) is 0 Å². The van der Waals surface area contributed by atoms with E-state index in [1.165, 1.54) is 0 Å². The molecule has 0 fully saturated rings. The summed E-state index contributed by atoms with van der Waals surface area (Å²) in [7, 11) is 0. The number of carboxylic acids is 1. The molecule has 4 heteroatoms. The Morgan fingerprint density at radius 3 is 2.31 bits per heavy atom. The molecule has 94 valence electrons. The van der Waals surface area contributed by atoms with Crippen LogP contribution in [-0.4, -0.2) is 23.0 Å². The van der Waals surface area contributed by atoms with Gasteiger partial charge in [-0.3, -0.25) is 9.59 Å². The van der Waals surface area contributed by atoms with Crippen LogP contribution in [0.5, 0.6) is 0 Å². The minimum Gasteiger partial charge on any atom is -0.481 e. The average molecular weight is 229 g/mol. The van der Waals surface area contributed by atoms with Crippen molar-refractivity contribution >= 4 is 11.9 Å². The number of unbranched alkanes of at least 4 members (excludes halogenated alkanes) is 3. The fourth-order valence-electron chi connectivity index (χ4n) is 1.38. The molecule has 0 aromatic carbocycles. The molecule has 0 aliphatic rings. The first kappa shape index (κ1) is 14.9. The van der Waals surface area contributed by atoms with Gasteiger partial charge in [0.2, 0.25) is 5.91 Å². The van der Waals surface area contributed by atoms with Gasteiger partial charge in [-0.2, -0.15) is 0 Å². The summed E-state index contributed by atoms with van der Waals surface area (Å²) in [6.07, 6.45) is 4.74. The SMILES string of the molecule is CCCCCCC(=O)NC(C)C(C)C(=O)O. The quantitative estimate of drug-likeness (QED) is 0.627. The van der Waals surface area contributed by atoms with E-state index in [1.54, 1.807) is 13.8 Å². The van der Waals surface area contributed by atoms with E-state index in [0.717, 1.165) is 25.7 Å². The minimum atomic E-state index is -0.876. The number of amides is 1. The molecule has 0 heterocycles. The van der Waals surface area contributed by atoms with Crippen molar-refractivity contribution in [1.82, 2.24) is 5.32 Å². The summed E-state index contributed by atoms with van der Waals surface area (Å²) < 4.78 is 0. The molecule has 0 bridgehead atoms. The van der Waals surface area contributed by atoms with E-state index in [-0.39, 0.29) is 11.9 Å². The number of carbonyl (C=O) groups excluding carboxylic acids is 1. The summed E-state index contributed by atoms with van der Waals surface area (Å²) in [6.45, 7) is 5.45. The maximum atomic E-state index is 11.4. The molecular formula is C12H23NO3. The molecule has 2 unspecified atom stereocenters. The fourth-order valence-corrected chi connectivity index (χ4v) is 1.38. The molecule has 0 saturated heterocycles. The molecular weight excluding hydrogens is 206 g/mol. The van der Waals surface area contributed by atoms with Crippen LogP contribution >= 0.6 is 0 Å². The van der Waals surface area contributed by atoms with Gasteiger partial charge in [-0.05, 0) is 20.3 Å². The van der Waals surface area contributed by atoms with Crippen molar-refractivity contribution in [1.29, 1.82) is 0 Å². The van der Waals surface area contributed by atoms with E-state index in [0.29, 0.717) is 6.42 Å². The van der Waals surface area contributed by atoms with Crippen LogP contribution in [0, 0.1) is 5.92 Å². The zero-order valence-corrected chi connectivity index (χ0v) is 10.5. The predicted octanol–water partition coefficient (Wildman–Crippen LogP) is 2.18. The molecule has 16 heavy (non-hydrogen) atoms. The lowest BCUT2D eigenvalue weighted by molar-refractivity contribution is -0.142. The Balaban J connectivity index is 3.74. The van der Waals surface area contributed by atoms with E-state index in [4.69, 9.17) is 5.11 Å². The van der Waals surface area contributed by atoms with Crippen LogP contribution < -0.4 is 5.32 Å². The summed E-state index contributed by atoms with van der Waals surface area (Å²) in [4.78, 5) is 22.1. The number of aliphatic carboxylic acids is 1. The van der Waals surface area contributed by atoms with E-state index >= 15 is 0 Å². The minimum absolute atomic E-state index is 0.0447. The number of nitrogens with one attached hydrogen (secondary N) is 1. The molecule has 0 aromatic rings. The maximum Gasteiger partial charge on any atom is 0.308 e. The van der Waals surface area contributed by atoms with E-state index in [9.17, 15) is 9.59 Å². The third-order valence-corrected chi connectivity index (χ3v) is 2.79. The third-order valence-electron chi connectivity index (χ3n) is 2.79. The molecule has 1 amide bonds. The lowest BCUT2D eigenvalue weighted by Gasteiger charge is -2.17. The van der Waals surface area contributed by atoms with Gasteiger partial charge < -0.3 is 10.4 Å². The van der Waals surface area contributed by atoms with Gasteiger partial charge in [0.1, 0.15) is 0 Å². The van der Waals surface area contributed by atoms with Crippen LogP contribution in [0.4, 0.5) is 0 Å². The van der Waals surface area contributed by atoms with E-state index in [1.807, 2.05) is 0 Å². The van der Waals surface area contributed by atoms with Gasteiger partial charge in [0.15, 0.2) is 0 Å². The van der Waals surface area contributed by atoms with Crippen LogP contribution in [0.3, 0.4) is 0 Å². The summed E-state index contributed by atoms with van der Waals surface area (Å²) in [5, 5.41) is 11.5. The van der Waals surface area contributed by atoms with Gasteiger partial charge in [-0.25, -0.2) is 0 Å². The van der Waals surface area contributed by atoms with Gasteiger partial charge in [-0.1, -0.05) is 26.2 Å². The van der Waals surface area contributed by atoms with Crippen LogP contribution in [0.25, 0.3) is 0 Å². The van der Waals surface area contributed by atoms with Crippen molar-refractivity contribution < 1.29 is 14.7 Å². The topological polar surface area (TPSA) is 66.4 Å². The zero-order valence-electron chi connectivity index (χ0n) is 10.5. The molecule has 0 saturated carbocycles. The standard InChI is InChI=1S/C12H23NO3/c1-4-5-6-7-8-11(14)13-10(3)9(2)12(15)16/h9-10H,4-8H2,1-3H3,(H,13,14)(H,15,16). The Hall–Kier alpha value is -1.06. The third kappa shape index (κ3) is 6.43. The maximum absolute atomic E-state index is 11.4. The molecule has 0 rings (SSSR count). The summed E-state index contributed by atoms with van der Waals surface area (Å²) in [6, 6.07) is -0.309. The Kier molecular flexibility index (Phi) is 7.60. The first-order valence-corrected chi connectivity index (χ1v) is 6.01. The monoisotopic (exact) mass is 229 g/mol. The molecule has 0 aliphatic heterocycles. The van der Waals surface area contributed by atoms with Crippen molar-refractivity contribution in [3.05, 3.63) is 0 Å². The lowest BCUT2D eigenvalue weighted by Crippen LogP contribution is -2.39. The van der Waals surface area contributed by atoms with Crippen molar-refractivity contribution in [2.45, 2.75) is 58.9 Å². The Bertz CT molecular complexity index is 228. The molecule has 0 aromatic heterocycles. The average Bonchev–Trinajstić information content (AvgIpc) is 2.23. The Morgan fingerprint density at radius 2 is 1.81 bits per heavy atom. The number of hydrogen-bond acceptors (Lipinski definition) is 2. The summed E-state index contributed by atoms with van der Waals surface area (Å²) >= 11 is 0. The van der Waals surface area contributed by atoms with Gasteiger partial charge in [0.25, 0.3) is 0 Å². The number of carbonyl (C=O) groups is 2. The van der Waals surface area contributed by atoms with Crippen molar-refractivity contribution in [3.63, 3.8) is 0 Å². The van der Waals surface area contributed by atoms with Crippen LogP contribution in [0.1, 0.15) is 52.9 Å². The molecule has 0 aliphatic carbocycles. The van der Waals surface area contributed by atoms with Gasteiger partial charge in [0, 0.05) is 12.5 Å². The lowest BCUT2D eigenvalue weighted by atomic mass is 10.0. The predicted molar refractivity (Wildman–Crippen MR) is 63.2 cm³/mol. The second-order valence-corrected chi connectivity index (χ2v) is 4.29. The summed E-state index contributed by atoms with van der Waals surface area (Å²) in [5.41, 5.74) is 0. The largest absolute Gasteiger partial charge is 0.481 e. The highest BCUT2D eigenvalue weighted by Crippen LogP contribution is 2.05. The van der Waals surface area contributed by atoms with Crippen LogP contribution in [0.2, 0.25) is 0 Å². The highest BCUT2D eigenvalue weighted by atomic mass is 16.4. The van der Waals surface area contributed by atoms with Crippen molar-refractivity contribution in [2.24, 2.45) is 5.92 Å². The second kappa shape index (κ2) is 8.13. The Labute approximate surface area is 97.4 Å². The highest BCUT2D eigenvalue weighted by Gasteiger charge is 2.20. The molecule has 0 radical (unpaired) electrons. The highest BCUT2D eigenvalue weighted by molar-refractivity contribution is 5.77. The smallest absolute Gasteiger partial charge is 0.308 e. The normalized spacial score (nSPS) is 14.2. The first-order chi connectivity index (χ1) is 7.49. The second-order valence-electron chi connectivity index (χ2n) is 4.29.